The van der Waals surface area contributed by atoms with Gasteiger partial charge in [-0.25, -0.2) is 13.6 Å². The van der Waals surface area contributed by atoms with Crippen molar-refractivity contribution in [1.82, 2.24) is 20.4 Å². The molecule has 0 bridgehead atoms. The number of carbonyl (C=O) groups is 3. The number of piperazine rings is 1. The third-order valence-corrected chi connectivity index (χ3v) is 3.67. The van der Waals surface area contributed by atoms with Gasteiger partial charge in [-0.05, 0) is 18.2 Å². The van der Waals surface area contributed by atoms with Crippen LogP contribution in [0.1, 0.15) is 10.4 Å². The van der Waals surface area contributed by atoms with Crippen molar-refractivity contribution in [3.8, 4) is 0 Å². The zero-order chi connectivity index (χ0) is 17.7. The first-order valence-corrected chi connectivity index (χ1v) is 7.39. The molecule has 4 amide bonds. The number of nitrogens with zero attached hydrogens (tertiary/aromatic N) is 2. The number of rotatable bonds is 3. The quantitative estimate of drug-likeness (QED) is 0.822. The molecule has 1 saturated heterocycles. The summed E-state index contributed by atoms with van der Waals surface area (Å²) in [7, 11) is 1.41. The van der Waals surface area contributed by atoms with E-state index in [9.17, 15) is 23.2 Å². The molecule has 0 aliphatic carbocycles. The minimum absolute atomic E-state index is 0.0423. The lowest BCUT2D eigenvalue weighted by molar-refractivity contribution is -0.121. The fourth-order valence-electron chi connectivity index (χ4n) is 2.35. The van der Waals surface area contributed by atoms with Crippen LogP contribution >= 0.6 is 0 Å². The van der Waals surface area contributed by atoms with Gasteiger partial charge in [0.2, 0.25) is 5.91 Å². The van der Waals surface area contributed by atoms with Gasteiger partial charge >= 0.3 is 6.03 Å². The normalized spacial score (nSPS) is 15.0. The highest BCUT2D eigenvalue weighted by Gasteiger charge is 2.24. The number of nitrogens with one attached hydrogen (secondary N) is 2. The Kier molecular flexibility index (Phi) is 5.80. The molecule has 0 radical (unpaired) electrons. The van der Waals surface area contributed by atoms with Crippen molar-refractivity contribution < 1.29 is 23.2 Å². The molecule has 24 heavy (non-hydrogen) atoms. The van der Waals surface area contributed by atoms with Gasteiger partial charge in [-0.2, -0.15) is 0 Å². The Morgan fingerprint density at radius 2 is 1.75 bits per heavy atom. The predicted octanol–water partition coefficient (Wildman–Crippen LogP) is 0.178. The molecule has 7 nitrogen and oxygen atoms in total. The van der Waals surface area contributed by atoms with E-state index in [1.165, 1.54) is 18.0 Å². The lowest BCUT2D eigenvalue weighted by atomic mass is 10.1. The van der Waals surface area contributed by atoms with Gasteiger partial charge in [-0.3, -0.25) is 19.8 Å². The molecule has 1 aliphatic rings. The van der Waals surface area contributed by atoms with Gasteiger partial charge in [0.25, 0.3) is 5.91 Å². The highest BCUT2D eigenvalue weighted by Crippen LogP contribution is 2.12. The summed E-state index contributed by atoms with van der Waals surface area (Å²) in [6.07, 6.45) is 0. The second-order valence-corrected chi connectivity index (χ2v) is 5.32. The van der Waals surface area contributed by atoms with Gasteiger partial charge in [0.05, 0.1) is 6.54 Å². The van der Waals surface area contributed by atoms with Crippen LogP contribution in [0.15, 0.2) is 18.2 Å². The Balaban J connectivity index is 1.85. The van der Waals surface area contributed by atoms with Crippen LogP contribution in [0.2, 0.25) is 0 Å². The molecular formula is C15H18F2N4O3. The fraction of sp³-hybridized carbons (Fsp3) is 0.400. The second kappa shape index (κ2) is 7.82. The molecule has 0 saturated carbocycles. The molecule has 1 aliphatic heterocycles. The van der Waals surface area contributed by atoms with E-state index in [0.717, 1.165) is 12.1 Å². The van der Waals surface area contributed by atoms with Crippen molar-refractivity contribution in [1.29, 1.82) is 0 Å². The van der Waals surface area contributed by atoms with E-state index in [-0.39, 0.29) is 18.0 Å². The van der Waals surface area contributed by atoms with Crippen LogP contribution in [0.25, 0.3) is 0 Å². The van der Waals surface area contributed by atoms with Crippen LogP contribution in [0, 0.1) is 11.6 Å². The maximum atomic E-state index is 13.2. The lowest BCUT2D eigenvalue weighted by Crippen LogP contribution is -2.52. The van der Waals surface area contributed by atoms with Gasteiger partial charge in [0, 0.05) is 38.8 Å². The second-order valence-electron chi connectivity index (χ2n) is 5.32. The molecule has 0 atom stereocenters. The number of hydrogen-bond acceptors (Lipinski definition) is 4. The van der Waals surface area contributed by atoms with Gasteiger partial charge in [-0.1, -0.05) is 0 Å². The van der Waals surface area contributed by atoms with Crippen molar-refractivity contribution in [2.75, 3.05) is 39.8 Å². The molecule has 0 unspecified atom stereocenters. The van der Waals surface area contributed by atoms with Crippen LogP contribution in [0.4, 0.5) is 13.6 Å². The molecule has 1 aromatic carbocycles. The van der Waals surface area contributed by atoms with E-state index < -0.39 is 23.6 Å². The van der Waals surface area contributed by atoms with Gasteiger partial charge in [-0.15, -0.1) is 0 Å². The Labute approximate surface area is 137 Å². The number of imide groups is 1. The third-order valence-electron chi connectivity index (χ3n) is 3.67. The number of amides is 4. The average molecular weight is 340 g/mol. The van der Waals surface area contributed by atoms with Gasteiger partial charge < -0.3 is 10.2 Å². The summed E-state index contributed by atoms with van der Waals surface area (Å²) in [5.74, 6) is -2.89. The molecule has 0 spiro atoms. The Hall–Kier alpha value is -2.55. The van der Waals surface area contributed by atoms with Crippen molar-refractivity contribution in [2.24, 2.45) is 0 Å². The first-order valence-electron chi connectivity index (χ1n) is 7.39. The molecule has 9 heteroatoms. The number of halogens is 2. The van der Waals surface area contributed by atoms with Crippen molar-refractivity contribution in [2.45, 2.75) is 0 Å². The van der Waals surface area contributed by atoms with E-state index in [4.69, 9.17) is 0 Å². The molecule has 0 aromatic heterocycles. The molecule has 1 fully saturated rings. The molecule has 1 heterocycles. The Morgan fingerprint density at radius 3 is 2.33 bits per heavy atom. The van der Waals surface area contributed by atoms with E-state index in [1.807, 2.05) is 0 Å². The smallest absolute Gasteiger partial charge is 0.321 e. The minimum atomic E-state index is -1.06. The molecular weight excluding hydrogens is 322 g/mol. The average Bonchev–Trinajstić information content (AvgIpc) is 2.57. The maximum Gasteiger partial charge on any atom is 0.321 e. The Morgan fingerprint density at radius 1 is 1.08 bits per heavy atom. The van der Waals surface area contributed by atoms with Crippen molar-refractivity contribution in [3.05, 3.63) is 35.4 Å². The molecule has 2 rings (SSSR count). The minimum Gasteiger partial charge on any atom is -0.341 e. The topological polar surface area (TPSA) is 81.8 Å². The summed E-state index contributed by atoms with van der Waals surface area (Å²) in [4.78, 5) is 38.2. The number of urea groups is 1. The van der Waals surface area contributed by atoms with Crippen LogP contribution < -0.4 is 10.6 Å². The SMILES string of the molecule is CNC(=O)NC(=O)CN1CCN(C(=O)c2ccc(F)c(F)c2)CC1. The molecule has 1 aromatic rings. The first-order chi connectivity index (χ1) is 11.4. The highest BCUT2D eigenvalue weighted by atomic mass is 19.2. The molecule has 130 valence electrons. The monoisotopic (exact) mass is 340 g/mol. The Bertz CT molecular complexity index is 646. The number of benzene rings is 1. The summed E-state index contributed by atoms with van der Waals surface area (Å²) in [5, 5.41) is 4.44. The summed E-state index contributed by atoms with van der Waals surface area (Å²) < 4.78 is 26.1. The van der Waals surface area contributed by atoms with Crippen LogP contribution in [-0.2, 0) is 4.79 Å². The standard InChI is InChI=1S/C15H18F2N4O3/c1-18-15(24)19-13(22)9-20-4-6-21(7-5-20)14(23)10-2-3-11(16)12(17)8-10/h2-3,8H,4-7,9H2,1H3,(H2,18,19,22,24). The van der Waals surface area contributed by atoms with E-state index in [2.05, 4.69) is 10.6 Å². The number of carbonyl (C=O) groups excluding carboxylic acids is 3. The summed E-state index contributed by atoms with van der Waals surface area (Å²) in [6.45, 7) is 1.63. The first kappa shape index (κ1) is 17.8. The largest absolute Gasteiger partial charge is 0.341 e. The predicted molar refractivity (Wildman–Crippen MR) is 81.3 cm³/mol. The summed E-state index contributed by atoms with van der Waals surface area (Å²) in [5.41, 5.74) is 0.0831. The zero-order valence-electron chi connectivity index (χ0n) is 13.1. The maximum absolute atomic E-state index is 13.2. The van der Waals surface area contributed by atoms with Gasteiger partial charge in [0.15, 0.2) is 11.6 Å². The van der Waals surface area contributed by atoms with E-state index in [1.54, 1.807) is 4.90 Å². The highest BCUT2D eigenvalue weighted by molar-refractivity contribution is 5.95. The zero-order valence-corrected chi connectivity index (χ0v) is 13.1. The van der Waals surface area contributed by atoms with E-state index in [0.29, 0.717) is 26.2 Å². The lowest BCUT2D eigenvalue weighted by Gasteiger charge is -2.34. The third kappa shape index (κ3) is 4.48. The van der Waals surface area contributed by atoms with Crippen LogP contribution in [0.5, 0.6) is 0 Å². The van der Waals surface area contributed by atoms with Crippen LogP contribution in [-0.4, -0.2) is 67.4 Å². The van der Waals surface area contributed by atoms with E-state index >= 15 is 0 Å². The van der Waals surface area contributed by atoms with Gasteiger partial charge in [0.1, 0.15) is 0 Å². The van der Waals surface area contributed by atoms with Crippen LogP contribution in [0.3, 0.4) is 0 Å². The molecule has 2 N–H and O–H groups in total. The summed E-state index contributed by atoms with van der Waals surface area (Å²) >= 11 is 0. The number of hydrogen-bond donors (Lipinski definition) is 2. The van der Waals surface area contributed by atoms with Crippen molar-refractivity contribution in [3.63, 3.8) is 0 Å². The fourth-order valence-corrected chi connectivity index (χ4v) is 2.35. The summed E-state index contributed by atoms with van der Waals surface area (Å²) in [6, 6.07) is 2.46. The van der Waals surface area contributed by atoms with Crippen molar-refractivity contribution >= 4 is 17.8 Å².